The summed E-state index contributed by atoms with van der Waals surface area (Å²) in [5, 5.41) is 8.04. The lowest BCUT2D eigenvalue weighted by Gasteiger charge is -2.01. The zero-order valence-corrected chi connectivity index (χ0v) is 10.1. The Morgan fingerprint density at radius 2 is 2.40 bits per heavy atom. The van der Waals surface area contributed by atoms with Gasteiger partial charge in [-0.15, -0.1) is 0 Å². The van der Waals surface area contributed by atoms with Crippen molar-refractivity contribution < 1.29 is 0 Å². The molecule has 0 fully saturated rings. The first-order valence-corrected chi connectivity index (χ1v) is 5.69. The summed E-state index contributed by atoms with van der Waals surface area (Å²) >= 11 is 6.04. The molecule has 1 aromatic rings. The van der Waals surface area contributed by atoms with E-state index in [4.69, 9.17) is 11.6 Å². The van der Waals surface area contributed by atoms with Crippen molar-refractivity contribution in [3.63, 3.8) is 0 Å². The van der Waals surface area contributed by atoms with E-state index in [9.17, 15) is 0 Å². The number of nitrogens with one attached hydrogen (secondary N) is 1. The van der Waals surface area contributed by atoms with Crippen LogP contribution in [0.3, 0.4) is 0 Å². The molecule has 1 aromatic heterocycles. The van der Waals surface area contributed by atoms with E-state index in [0.717, 1.165) is 36.6 Å². The number of hydrogen-bond acceptors (Lipinski definition) is 2. The Morgan fingerprint density at radius 3 is 3.07 bits per heavy atom. The van der Waals surface area contributed by atoms with Gasteiger partial charge in [0.2, 0.25) is 0 Å². The normalized spacial score (nSPS) is 11.4. The summed E-state index contributed by atoms with van der Waals surface area (Å²) in [5.41, 5.74) is 1.01. The van der Waals surface area contributed by atoms with Crippen molar-refractivity contribution in [2.24, 2.45) is 0 Å². The van der Waals surface area contributed by atoms with Crippen LogP contribution < -0.4 is 5.32 Å². The Kier molecular flexibility index (Phi) is 5.43. The smallest absolute Gasteiger partial charge is 0.0859 e. The fourth-order valence-corrected chi connectivity index (χ4v) is 1.55. The molecule has 15 heavy (non-hydrogen) atoms. The van der Waals surface area contributed by atoms with Gasteiger partial charge >= 0.3 is 0 Å². The van der Waals surface area contributed by atoms with E-state index < -0.39 is 0 Å². The lowest BCUT2D eigenvalue weighted by atomic mass is 10.3. The predicted octanol–water partition coefficient (Wildman–Crippen LogP) is 2.57. The zero-order valence-electron chi connectivity index (χ0n) is 9.33. The molecule has 1 N–H and O–H groups in total. The van der Waals surface area contributed by atoms with Crippen LogP contribution in [-0.2, 0) is 6.54 Å². The maximum absolute atomic E-state index is 6.04. The molecule has 0 radical (unpaired) electrons. The molecule has 4 heteroatoms. The molecule has 0 aliphatic heterocycles. The van der Waals surface area contributed by atoms with E-state index >= 15 is 0 Å². The largest absolute Gasteiger partial charge is 0.319 e. The van der Waals surface area contributed by atoms with Crippen molar-refractivity contribution in [2.45, 2.75) is 26.3 Å². The standard InChI is InChI=1S/C11H18ClN3/c1-3-8-15-11(10(12)9-14-15)6-4-5-7-13-2/h4,6,9,13H,3,5,7-8H2,1-2H3/b6-4+. The van der Waals surface area contributed by atoms with E-state index in [-0.39, 0.29) is 0 Å². The quantitative estimate of drug-likeness (QED) is 0.758. The summed E-state index contributed by atoms with van der Waals surface area (Å²) in [4.78, 5) is 0. The van der Waals surface area contributed by atoms with Gasteiger partial charge in [-0.05, 0) is 32.5 Å². The second-order valence-corrected chi connectivity index (χ2v) is 3.80. The van der Waals surface area contributed by atoms with Crippen molar-refractivity contribution in [1.82, 2.24) is 15.1 Å². The monoisotopic (exact) mass is 227 g/mol. The minimum Gasteiger partial charge on any atom is -0.319 e. The minimum atomic E-state index is 0.726. The van der Waals surface area contributed by atoms with Crippen molar-refractivity contribution in [3.05, 3.63) is 23.0 Å². The van der Waals surface area contributed by atoms with Gasteiger partial charge in [-0.3, -0.25) is 4.68 Å². The molecule has 0 aromatic carbocycles. The second kappa shape index (κ2) is 6.64. The first-order chi connectivity index (χ1) is 7.29. The van der Waals surface area contributed by atoms with Gasteiger partial charge in [-0.2, -0.15) is 5.10 Å². The summed E-state index contributed by atoms with van der Waals surface area (Å²) in [5.74, 6) is 0. The van der Waals surface area contributed by atoms with Gasteiger partial charge in [0.25, 0.3) is 0 Å². The fourth-order valence-electron chi connectivity index (χ4n) is 1.35. The molecular formula is C11H18ClN3. The Labute approximate surface area is 96.1 Å². The molecule has 0 saturated heterocycles. The van der Waals surface area contributed by atoms with Crippen LogP contribution in [0.15, 0.2) is 12.3 Å². The third kappa shape index (κ3) is 3.68. The molecule has 0 amide bonds. The maximum Gasteiger partial charge on any atom is 0.0859 e. The van der Waals surface area contributed by atoms with Crippen molar-refractivity contribution in [3.8, 4) is 0 Å². The second-order valence-electron chi connectivity index (χ2n) is 3.40. The lowest BCUT2D eigenvalue weighted by molar-refractivity contribution is 0.598. The molecule has 0 unspecified atom stereocenters. The first kappa shape index (κ1) is 12.3. The van der Waals surface area contributed by atoms with Crippen molar-refractivity contribution >= 4 is 17.7 Å². The van der Waals surface area contributed by atoms with Gasteiger partial charge < -0.3 is 5.32 Å². The average molecular weight is 228 g/mol. The molecule has 3 nitrogen and oxygen atoms in total. The fraction of sp³-hybridized carbons (Fsp3) is 0.545. The molecule has 0 saturated carbocycles. The third-order valence-corrected chi connectivity index (χ3v) is 2.40. The number of aryl methyl sites for hydroxylation is 1. The zero-order chi connectivity index (χ0) is 11.1. The van der Waals surface area contributed by atoms with Crippen LogP contribution in [0, 0.1) is 0 Å². The van der Waals surface area contributed by atoms with Crippen LogP contribution in [0.4, 0.5) is 0 Å². The van der Waals surface area contributed by atoms with E-state index in [1.54, 1.807) is 6.20 Å². The number of hydrogen-bond donors (Lipinski definition) is 1. The van der Waals surface area contributed by atoms with Crippen LogP contribution in [0.2, 0.25) is 5.02 Å². The average Bonchev–Trinajstić information content (AvgIpc) is 2.56. The lowest BCUT2D eigenvalue weighted by Crippen LogP contribution is -2.06. The molecule has 1 rings (SSSR count). The van der Waals surface area contributed by atoms with Gasteiger partial charge in [0.1, 0.15) is 0 Å². The topological polar surface area (TPSA) is 29.9 Å². The number of halogens is 1. The molecule has 84 valence electrons. The van der Waals surface area contributed by atoms with Gasteiger partial charge in [0, 0.05) is 6.54 Å². The first-order valence-electron chi connectivity index (χ1n) is 5.32. The van der Waals surface area contributed by atoms with E-state index in [2.05, 4.69) is 23.4 Å². The molecule has 0 bridgehead atoms. The Hall–Kier alpha value is -0.800. The molecule has 0 aliphatic carbocycles. The minimum absolute atomic E-state index is 0.726. The van der Waals surface area contributed by atoms with Gasteiger partial charge in [0.15, 0.2) is 0 Å². The molecular weight excluding hydrogens is 210 g/mol. The van der Waals surface area contributed by atoms with Gasteiger partial charge in [0.05, 0.1) is 16.9 Å². The Balaban J connectivity index is 2.65. The molecule has 0 spiro atoms. The van der Waals surface area contributed by atoms with Crippen LogP contribution in [-0.4, -0.2) is 23.4 Å². The third-order valence-electron chi connectivity index (χ3n) is 2.11. The van der Waals surface area contributed by atoms with Gasteiger partial charge in [-0.25, -0.2) is 0 Å². The van der Waals surface area contributed by atoms with E-state index in [1.807, 2.05) is 17.8 Å². The Bertz CT molecular complexity index is 318. The summed E-state index contributed by atoms with van der Waals surface area (Å²) in [6.45, 7) is 4.03. The van der Waals surface area contributed by atoms with Crippen molar-refractivity contribution in [1.29, 1.82) is 0 Å². The van der Waals surface area contributed by atoms with Crippen LogP contribution in [0.1, 0.15) is 25.5 Å². The highest BCUT2D eigenvalue weighted by molar-refractivity contribution is 6.31. The van der Waals surface area contributed by atoms with E-state index in [0.29, 0.717) is 0 Å². The number of rotatable bonds is 6. The SMILES string of the molecule is CCCn1ncc(Cl)c1/C=C/CCNC. The summed E-state index contributed by atoms with van der Waals surface area (Å²) in [6.07, 6.45) is 7.93. The summed E-state index contributed by atoms with van der Waals surface area (Å²) in [6, 6.07) is 0. The number of aromatic nitrogens is 2. The summed E-state index contributed by atoms with van der Waals surface area (Å²) in [7, 11) is 1.95. The molecule has 0 atom stereocenters. The predicted molar refractivity (Wildman–Crippen MR) is 65.1 cm³/mol. The highest BCUT2D eigenvalue weighted by atomic mass is 35.5. The van der Waals surface area contributed by atoms with Crippen LogP contribution in [0.25, 0.3) is 6.08 Å². The highest BCUT2D eigenvalue weighted by Crippen LogP contribution is 2.17. The van der Waals surface area contributed by atoms with Crippen molar-refractivity contribution in [2.75, 3.05) is 13.6 Å². The van der Waals surface area contributed by atoms with E-state index in [1.165, 1.54) is 0 Å². The molecule has 0 aliphatic rings. The maximum atomic E-state index is 6.04. The molecule has 1 heterocycles. The number of nitrogens with zero attached hydrogens (tertiary/aromatic N) is 2. The van der Waals surface area contributed by atoms with Gasteiger partial charge in [-0.1, -0.05) is 24.6 Å². The highest BCUT2D eigenvalue weighted by Gasteiger charge is 2.04. The van der Waals surface area contributed by atoms with Crippen LogP contribution in [0.5, 0.6) is 0 Å². The Morgan fingerprint density at radius 1 is 1.60 bits per heavy atom. The summed E-state index contributed by atoms with van der Waals surface area (Å²) < 4.78 is 1.94. The van der Waals surface area contributed by atoms with Crippen LogP contribution >= 0.6 is 11.6 Å².